The van der Waals surface area contributed by atoms with Gasteiger partial charge in [0.15, 0.2) is 0 Å². The van der Waals surface area contributed by atoms with E-state index in [4.69, 9.17) is 0 Å². The molecule has 0 aromatic carbocycles. The first-order chi connectivity index (χ1) is 9.06. The lowest BCUT2D eigenvalue weighted by Crippen LogP contribution is -2.51. The highest BCUT2D eigenvalue weighted by Gasteiger charge is 2.28. The van der Waals surface area contributed by atoms with Gasteiger partial charge in [0.25, 0.3) is 0 Å². The smallest absolute Gasteiger partial charge is 0.221 e. The van der Waals surface area contributed by atoms with E-state index in [2.05, 4.69) is 36.4 Å². The van der Waals surface area contributed by atoms with E-state index in [1.54, 1.807) is 0 Å². The van der Waals surface area contributed by atoms with E-state index in [-0.39, 0.29) is 5.91 Å². The van der Waals surface area contributed by atoms with Gasteiger partial charge in [0, 0.05) is 25.0 Å². The Morgan fingerprint density at radius 1 is 1.32 bits per heavy atom. The molecule has 0 saturated carbocycles. The molecular weight excluding hydrogens is 238 g/mol. The molecule has 1 amide bonds. The first kappa shape index (κ1) is 14.8. The fourth-order valence-corrected chi connectivity index (χ4v) is 3.42. The summed E-state index contributed by atoms with van der Waals surface area (Å²) in [4.78, 5) is 14.5. The highest BCUT2D eigenvalue weighted by Crippen LogP contribution is 2.19. The predicted octanol–water partition coefficient (Wildman–Crippen LogP) is 1.22. The standard InChI is InChI=1S/C15H29N3O/c1-11-5-4-7-16-14(11)9-15(19)17-13-6-8-18(3)10-12(13)2/h11-14,16H,4-10H2,1-3H3,(H,17,19). The topological polar surface area (TPSA) is 44.4 Å². The molecule has 2 fully saturated rings. The second-order valence-corrected chi connectivity index (χ2v) is 6.59. The van der Waals surface area contributed by atoms with E-state index < -0.39 is 0 Å². The maximum atomic E-state index is 12.2. The Morgan fingerprint density at radius 3 is 2.79 bits per heavy atom. The Morgan fingerprint density at radius 2 is 2.11 bits per heavy atom. The van der Waals surface area contributed by atoms with Crippen LogP contribution in [0.1, 0.15) is 39.5 Å². The zero-order valence-corrected chi connectivity index (χ0v) is 12.6. The number of nitrogens with one attached hydrogen (secondary N) is 2. The van der Waals surface area contributed by atoms with Crippen molar-refractivity contribution in [3.8, 4) is 0 Å². The zero-order chi connectivity index (χ0) is 13.8. The van der Waals surface area contributed by atoms with Crippen LogP contribution < -0.4 is 10.6 Å². The number of nitrogens with zero attached hydrogens (tertiary/aromatic N) is 1. The summed E-state index contributed by atoms with van der Waals surface area (Å²) in [6, 6.07) is 0.734. The molecule has 110 valence electrons. The maximum absolute atomic E-state index is 12.2. The van der Waals surface area contributed by atoms with Gasteiger partial charge in [-0.25, -0.2) is 0 Å². The third kappa shape index (κ3) is 4.18. The number of likely N-dealkylation sites (tertiary alicyclic amines) is 1. The van der Waals surface area contributed by atoms with Crippen LogP contribution in [0, 0.1) is 11.8 Å². The number of piperidine rings is 2. The monoisotopic (exact) mass is 267 g/mol. The SMILES string of the molecule is CC1CCCNC1CC(=O)NC1CCN(C)CC1C. The summed E-state index contributed by atoms with van der Waals surface area (Å²) < 4.78 is 0. The molecule has 0 aromatic heterocycles. The average Bonchev–Trinajstić information content (AvgIpc) is 2.36. The quantitative estimate of drug-likeness (QED) is 0.808. The van der Waals surface area contributed by atoms with Crippen LogP contribution in [0.25, 0.3) is 0 Å². The van der Waals surface area contributed by atoms with E-state index in [1.165, 1.54) is 12.8 Å². The molecule has 2 heterocycles. The molecule has 0 aliphatic carbocycles. The van der Waals surface area contributed by atoms with Gasteiger partial charge < -0.3 is 15.5 Å². The van der Waals surface area contributed by atoms with Crippen LogP contribution in [0.4, 0.5) is 0 Å². The normalized spacial score (nSPS) is 37.0. The lowest BCUT2D eigenvalue weighted by Gasteiger charge is -2.36. The second-order valence-electron chi connectivity index (χ2n) is 6.59. The summed E-state index contributed by atoms with van der Waals surface area (Å²) in [6.07, 6.45) is 4.21. The Balaban J connectivity index is 1.77. The molecule has 4 atom stereocenters. The predicted molar refractivity (Wildman–Crippen MR) is 78.0 cm³/mol. The molecule has 0 radical (unpaired) electrons. The first-order valence-electron chi connectivity index (χ1n) is 7.77. The molecule has 0 spiro atoms. The number of rotatable bonds is 3. The van der Waals surface area contributed by atoms with Crippen molar-refractivity contribution in [3.63, 3.8) is 0 Å². The fraction of sp³-hybridized carbons (Fsp3) is 0.933. The van der Waals surface area contributed by atoms with Crippen molar-refractivity contribution in [2.45, 2.75) is 51.6 Å². The second kappa shape index (κ2) is 6.71. The molecule has 19 heavy (non-hydrogen) atoms. The van der Waals surface area contributed by atoms with Crippen molar-refractivity contribution in [1.29, 1.82) is 0 Å². The van der Waals surface area contributed by atoms with Gasteiger partial charge in [-0.3, -0.25) is 4.79 Å². The van der Waals surface area contributed by atoms with Gasteiger partial charge in [0.05, 0.1) is 0 Å². The molecule has 2 N–H and O–H groups in total. The van der Waals surface area contributed by atoms with Crippen molar-refractivity contribution in [2.75, 3.05) is 26.7 Å². The number of carbonyl (C=O) groups is 1. The Hall–Kier alpha value is -0.610. The summed E-state index contributed by atoms with van der Waals surface area (Å²) in [6.45, 7) is 7.73. The number of hydrogen-bond donors (Lipinski definition) is 2. The van der Waals surface area contributed by atoms with Crippen LogP contribution in [-0.4, -0.2) is 49.6 Å². The molecule has 4 unspecified atom stereocenters. The van der Waals surface area contributed by atoms with E-state index in [1.807, 2.05) is 0 Å². The average molecular weight is 267 g/mol. The number of carbonyl (C=O) groups excluding carboxylic acids is 1. The van der Waals surface area contributed by atoms with Gasteiger partial charge in [-0.2, -0.15) is 0 Å². The highest BCUT2D eigenvalue weighted by atomic mass is 16.1. The minimum absolute atomic E-state index is 0.229. The van der Waals surface area contributed by atoms with Gasteiger partial charge >= 0.3 is 0 Å². The molecule has 4 heteroatoms. The molecule has 2 aliphatic heterocycles. The Kier molecular flexibility index (Phi) is 5.22. The molecule has 0 bridgehead atoms. The van der Waals surface area contributed by atoms with Crippen molar-refractivity contribution >= 4 is 5.91 Å². The van der Waals surface area contributed by atoms with E-state index in [0.29, 0.717) is 30.3 Å². The van der Waals surface area contributed by atoms with Crippen LogP contribution in [0.5, 0.6) is 0 Å². The largest absolute Gasteiger partial charge is 0.353 e. The number of hydrogen-bond acceptors (Lipinski definition) is 3. The minimum atomic E-state index is 0.229. The Bertz CT molecular complexity index is 308. The van der Waals surface area contributed by atoms with Gasteiger partial charge in [-0.1, -0.05) is 13.8 Å². The van der Waals surface area contributed by atoms with E-state index >= 15 is 0 Å². The van der Waals surface area contributed by atoms with Crippen molar-refractivity contribution in [1.82, 2.24) is 15.5 Å². The van der Waals surface area contributed by atoms with Gasteiger partial charge in [0.2, 0.25) is 5.91 Å². The lowest BCUT2D eigenvalue weighted by molar-refractivity contribution is -0.123. The van der Waals surface area contributed by atoms with Crippen molar-refractivity contribution in [3.05, 3.63) is 0 Å². The maximum Gasteiger partial charge on any atom is 0.221 e. The summed E-state index contributed by atoms with van der Waals surface area (Å²) in [5, 5.41) is 6.74. The lowest BCUT2D eigenvalue weighted by atomic mass is 9.89. The summed E-state index contributed by atoms with van der Waals surface area (Å²) in [7, 11) is 2.15. The number of amides is 1. The fourth-order valence-electron chi connectivity index (χ4n) is 3.42. The van der Waals surface area contributed by atoms with Gasteiger partial charge in [0.1, 0.15) is 0 Å². The molecule has 2 rings (SSSR count). The third-order valence-electron chi connectivity index (χ3n) is 4.79. The third-order valence-corrected chi connectivity index (χ3v) is 4.79. The van der Waals surface area contributed by atoms with E-state index in [9.17, 15) is 4.79 Å². The summed E-state index contributed by atoms with van der Waals surface area (Å²) in [5.74, 6) is 1.40. The van der Waals surface area contributed by atoms with Crippen LogP contribution in [0.3, 0.4) is 0 Å². The molecular formula is C15H29N3O. The molecule has 0 aromatic rings. The van der Waals surface area contributed by atoms with Crippen molar-refractivity contribution < 1.29 is 4.79 Å². The van der Waals surface area contributed by atoms with Crippen LogP contribution in [0.2, 0.25) is 0 Å². The van der Waals surface area contributed by atoms with Crippen LogP contribution in [-0.2, 0) is 4.79 Å². The highest BCUT2D eigenvalue weighted by molar-refractivity contribution is 5.77. The van der Waals surface area contributed by atoms with Gasteiger partial charge in [-0.05, 0) is 51.2 Å². The molecule has 2 saturated heterocycles. The first-order valence-corrected chi connectivity index (χ1v) is 7.77. The molecule has 2 aliphatic rings. The molecule has 4 nitrogen and oxygen atoms in total. The zero-order valence-electron chi connectivity index (χ0n) is 12.6. The minimum Gasteiger partial charge on any atom is -0.353 e. The van der Waals surface area contributed by atoms with Crippen LogP contribution in [0.15, 0.2) is 0 Å². The van der Waals surface area contributed by atoms with Crippen LogP contribution >= 0.6 is 0 Å². The summed E-state index contributed by atoms with van der Waals surface area (Å²) >= 11 is 0. The summed E-state index contributed by atoms with van der Waals surface area (Å²) in [5.41, 5.74) is 0. The Labute approximate surface area is 117 Å². The van der Waals surface area contributed by atoms with Gasteiger partial charge in [-0.15, -0.1) is 0 Å². The van der Waals surface area contributed by atoms with E-state index in [0.717, 1.165) is 26.1 Å². The van der Waals surface area contributed by atoms with Crippen molar-refractivity contribution in [2.24, 2.45) is 11.8 Å².